The van der Waals surface area contributed by atoms with Gasteiger partial charge in [-0.1, -0.05) is 58.2 Å². The van der Waals surface area contributed by atoms with E-state index < -0.39 is 16.4 Å². The molecule has 0 bridgehead atoms. The Balaban J connectivity index is 1.99. The Hall–Kier alpha value is -0.660. The van der Waals surface area contributed by atoms with Crippen LogP contribution in [0.3, 0.4) is 0 Å². The highest BCUT2D eigenvalue weighted by molar-refractivity contribution is 8.04. The van der Waals surface area contributed by atoms with Gasteiger partial charge in [0.25, 0.3) is 5.91 Å². The van der Waals surface area contributed by atoms with E-state index in [2.05, 4.69) is 0 Å². The monoisotopic (exact) mass is 440 g/mol. The molecule has 2 atom stereocenters. The largest absolute Gasteiger partial charge is 0.471 e. The maximum absolute atomic E-state index is 12.1. The molecule has 0 saturated heterocycles. The Bertz CT molecular complexity index is 862. The zero-order chi connectivity index (χ0) is 18.1. The molecule has 1 saturated carbocycles. The first kappa shape index (κ1) is 17.7. The molecule has 2 aliphatic heterocycles. The third-order valence-electron chi connectivity index (χ3n) is 4.80. The van der Waals surface area contributed by atoms with Gasteiger partial charge < -0.3 is 20.9 Å². The van der Waals surface area contributed by atoms with E-state index in [1.165, 1.54) is 11.8 Å². The molecule has 0 spiro atoms. The molecule has 4 rings (SSSR count). The van der Waals surface area contributed by atoms with Gasteiger partial charge in [-0.2, -0.15) is 0 Å². The number of benzene rings is 1. The van der Waals surface area contributed by atoms with Crippen molar-refractivity contribution < 1.29 is 14.3 Å². The molecule has 4 N–H and O–H groups in total. The topological polar surface area (TPSA) is 87.6 Å². The number of thioether (sulfide) groups is 1. The number of primary amides is 1. The molecule has 1 amide bonds. The Morgan fingerprint density at radius 3 is 2.12 bits per heavy atom. The van der Waals surface area contributed by atoms with Crippen LogP contribution < -0.4 is 20.9 Å². The van der Waals surface area contributed by atoms with Gasteiger partial charge >= 0.3 is 0 Å². The number of hydrogen-bond donors (Lipinski definition) is 2. The fourth-order valence-corrected chi connectivity index (χ4v) is 6.17. The predicted molar refractivity (Wildman–Crippen MR) is 99.7 cm³/mol. The molecule has 2 heterocycles. The number of rotatable bonds is 1. The molecule has 1 aliphatic carbocycles. The number of ether oxygens (including phenoxy) is 2. The average molecular weight is 442 g/mol. The van der Waals surface area contributed by atoms with Crippen LogP contribution in [0.5, 0.6) is 11.5 Å². The molecule has 3 aliphatic rings. The van der Waals surface area contributed by atoms with E-state index >= 15 is 0 Å². The SMILES string of the molecule is NC(=O)C1=C(N)S[C@]23CCCC[C@]12Oc1c(Cl)c(Cl)c(Cl)c(Cl)c1O3. The van der Waals surface area contributed by atoms with Crippen LogP contribution in [0.4, 0.5) is 0 Å². The molecule has 1 fully saturated rings. The first-order valence-corrected chi connectivity index (χ1v) is 9.80. The van der Waals surface area contributed by atoms with Crippen molar-refractivity contribution >= 4 is 64.1 Å². The van der Waals surface area contributed by atoms with Crippen LogP contribution in [-0.4, -0.2) is 16.4 Å². The molecule has 134 valence electrons. The van der Waals surface area contributed by atoms with E-state index in [9.17, 15) is 4.79 Å². The van der Waals surface area contributed by atoms with Crippen molar-refractivity contribution in [2.45, 2.75) is 36.2 Å². The van der Waals surface area contributed by atoms with Crippen LogP contribution in [-0.2, 0) is 4.79 Å². The van der Waals surface area contributed by atoms with Crippen LogP contribution in [0.1, 0.15) is 25.7 Å². The molecule has 0 radical (unpaired) electrons. The van der Waals surface area contributed by atoms with Crippen molar-refractivity contribution in [3.05, 3.63) is 30.7 Å². The lowest BCUT2D eigenvalue weighted by atomic mass is 9.75. The Labute approximate surface area is 167 Å². The number of hydrogen-bond acceptors (Lipinski definition) is 5. The van der Waals surface area contributed by atoms with Crippen LogP contribution in [0.15, 0.2) is 10.6 Å². The van der Waals surface area contributed by atoms with E-state index in [1.807, 2.05) is 0 Å². The van der Waals surface area contributed by atoms with Crippen molar-refractivity contribution in [2.75, 3.05) is 0 Å². The molecule has 10 heteroatoms. The Morgan fingerprint density at radius 1 is 0.960 bits per heavy atom. The van der Waals surface area contributed by atoms with Crippen LogP contribution >= 0.6 is 58.2 Å². The summed E-state index contributed by atoms with van der Waals surface area (Å²) >= 11 is 26.1. The highest BCUT2D eigenvalue weighted by Gasteiger charge is 2.69. The highest BCUT2D eigenvalue weighted by Crippen LogP contribution is 2.66. The smallest absolute Gasteiger partial charge is 0.251 e. The molecule has 1 aromatic carbocycles. The number of fused-ring (bicyclic) bond motifs is 1. The standard InChI is InChI=1S/C15H12Cl4N2O3S/c16-6-7(17)9(19)11-10(8(6)18)23-14-3-1-2-4-15(14,24-11)25-13(21)5(14)12(20)22/h1-4,21H2,(H2,20,22)/t14-,15+/m0/s1. The Kier molecular flexibility index (Phi) is 4.02. The molecule has 0 aromatic heterocycles. The van der Waals surface area contributed by atoms with Gasteiger partial charge in [0.2, 0.25) is 4.93 Å². The fraction of sp³-hybridized carbons (Fsp3) is 0.400. The summed E-state index contributed by atoms with van der Waals surface area (Å²) in [6.45, 7) is 0. The zero-order valence-electron chi connectivity index (χ0n) is 12.6. The fourth-order valence-electron chi connectivity index (χ4n) is 3.77. The van der Waals surface area contributed by atoms with E-state index in [-0.39, 0.29) is 42.2 Å². The van der Waals surface area contributed by atoms with E-state index in [0.29, 0.717) is 12.8 Å². The summed E-state index contributed by atoms with van der Waals surface area (Å²) in [4.78, 5) is 11.2. The van der Waals surface area contributed by atoms with Gasteiger partial charge in [0.05, 0.1) is 20.6 Å². The molecular formula is C15H12Cl4N2O3S. The van der Waals surface area contributed by atoms with Gasteiger partial charge in [0.1, 0.15) is 10.0 Å². The summed E-state index contributed by atoms with van der Waals surface area (Å²) in [5, 5.41) is 0.588. The third-order valence-corrected chi connectivity index (χ3v) is 7.94. The number of amides is 1. The van der Waals surface area contributed by atoms with Crippen molar-refractivity contribution in [3.8, 4) is 11.5 Å². The molecule has 5 nitrogen and oxygen atoms in total. The average Bonchev–Trinajstić information content (AvgIpc) is 2.84. The maximum Gasteiger partial charge on any atom is 0.251 e. The number of nitrogens with two attached hydrogens (primary N) is 2. The summed E-state index contributed by atoms with van der Waals surface area (Å²) in [6.07, 6.45) is 2.80. The van der Waals surface area contributed by atoms with E-state index in [4.69, 9.17) is 67.3 Å². The lowest BCUT2D eigenvalue weighted by Crippen LogP contribution is -2.63. The molecule has 25 heavy (non-hydrogen) atoms. The number of carbonyl (C=O) groups is 1. The van der Waals surface area contributed by atoms with Gasteiger partial charge in [-0.3, -0.25) is 4.79 Å². The van der Waals surface area contributed by atoms with E-state index in [0.717, 1.165) is 12.8 Å². The van der Waals surface area contributed by atoms with Crippen LogP contribution in [0.2, 0.25) is 20.1 Å². The van der Waals surface area contributed by atoms with Crippen molar-refractivity contribution in [1.29, 1.82) is 0 Å². The predicted octanol–water partition coefficient (Wildman–Crippen LogP) is 4.48. The lowest BCUT2D eigenvalue weighted by Gasteiger charge is -2.51. The molecule has 0 unspecified atom stereocenters. The first-order valence-electron chi connectivity index (χ1n) is 7.47. The quantitative estimate of drug-likeness (QED) is 0.495. The molecular weight excluding hydrogens is 430 g/mol. The van der Waals surface area contributed by atoms with Crippen molar-refractivity contribution in [3.63, 3.8) is 0 Å². The normalized spacial score (nSPS) is 30.1. The van der Waals surface area contributed by atoms with Gasteiger partial charge in [0, 0.05) is 6.42 Å². The second-order valence-electron chi connectivity index (χ2n) is 6.11. The minimum absolute atomic E-state index is 0.0543. The minimum Gasteiger partial charge on any atom is -0.471 e. The zero-order valence-corrected chi connectivity index (χ0v) is 16.5. The van der Waals surface area contributed by atoms with Gasteiger partial charge in [0.15, 0.2) is 17.1 Å². The third kappa shape index (κ3) is 2.15. The maximum atomic E-state index is 12.1. The van der Waals surface area contributed by atoms with Crippen LogP contribution in [0.25, 0.3) is 0 Å². The summed E-state index contributed by atoms with van der Waals surface area (Å²) in [5.74, 6) is -0.305. The molecule has 1 aromatic rings. The van der Waals surface area contributed by atoms with Crippen LogP contribution in [0, 0.1) is 0 Å². The van der Waals surface area contributed by atoms with Crippen molar-refractivity contribution in [1.82, 2.24) is 0 Å². The van der Waals surface area contributed by atoms with E-state index in [1.54, 1.807) is 0 Å². The van der Waals surface area contributed by atoms with Crippen molar-refractivity contribution in [2.24, 2.45) is 11.5 Å². The summed E-state index contributed by atoms with van der Waals surface area (Å²) < 4.78 is 12.6. The van der Waals surface area contributed by atoms with Gasteiger partial charge in [-0.15, -0.1) is 0 Å². The first-order chi connectivity index (χ1) is 11.7. The minimum atomic E-state index is -1.14. The second kappa shape index (κ2) is 5.67. The highest BCUT2D eigenvalue weighted by atomic mass is 35.5. The summed E-state index contributed by atoms with van der Waals surface area (Å²) in [7, 11) is 0. The lowest BCUT2D eigenvalue weighted by molar-refractivity contribution is -0.123. The second-order valence-corrected chi connectivity index (χ2v) is 8.93. The van der Waals surface area contributed by atoms with Gasteiger partial charge in [-0.05, 0) is 19.3 Å². The Morgan fingerprint density at radius 2 is 1.52 bits per heavy atom. The number of halogens is 4. The summed E-state index contributed by atoms with van der Waals surface area (Å²) in [6, 6.07) is 0. The summed E-state index contributed by atoms with van der Waals surface area (Å²) in [5.41, 5.74) is 10.8. The number of carbonyl (C=O) groups excluding carboxylic acids is 1. The van der Waals surface area contributed by atoms with Gasteiger partial charge in [-0.25, -0.2) is 0 Å².